The van der Waals surface area contributed by atoms with Gasteiger partial charge in [-0.15, -0.1) is 0 Å². The number of hydrogen-bond donors (Lipinski definition) is 0. The second-order valence-electron chi connectivity index (χ2n) is 4.65. The van der Waals surface area contributed by atoms with Crippen molar-refractivity contribution in [2.24, 2.45) is 5.41 Å². The molecule has 1 aromatic rings. The van der Waals surface area contributed by atoms with Crippen LogP contribution in [-0.4, -0.2) is 12.6 Å². The molecule has 0 aromatic heterocycles. The zero-order chi connectivity index (χ0) is 14.6. The van der Waals surface area contributed by atoms with Crippen LogP contribution in [0.1, 0.15) is 24.8 Å². The van der Waals surface area contributed by atoms with Gasteiger partial charge in [0, 0.05) is 11.5 Å². The fraction of sp³-hybridized carbons (Fsp3) is 0.312. The molecule has 1 aliphatic carbocycles. The van der Waals surface area contributed by atoms with Crippen LogP contribution in [0.4, 0.5) is 0 Å². The predicted molar refractivity (Wildman–Crippen MR) is 72.2 cm³/mol. The van der Waals surface area contributed by atoms with Crippen molar-refractivity contribution in [3.05, 3.63) is 47.5 Å². The standard InChI is InChI=1S/C16H14N2O2/c1-2-20-15(19)13-8-14(12-6-4-3-5-7-12)16(9-13,10-17)11-18/h3-7,9,14H,2,8H2,1H3. The van der Waals surface area contributed by atoms with E-state index in [1.165, 1.54) is 6.08 Å². The van der Waals surface area contributed by atoms with Gasteiger partial charge >= 0.3 is 5.97 Å². The molecular formula is C16H14N2O2. The predicted octanol–water partition coefficient (Wildman–Crippen LogP) is 2.70. The molecule has 0 saturated heterocycles. The zero-order valence-electron chi connectivity index (χ0n) is 11.2. The number of nitrogens with zero attached hydrogens (tertiary/aromatic N) is 2. The van der Waals surface area contributed by atoms with Gasteiger partial charge in [0.15, 0.2) is 5.41 Å². The van der Waals surface area contributed by atoms with Gasteiger partial charge in [0.2, 0.25) is 0 Å². The third kappa shape index (κ3) is 2.29. The number of benzene rings is 1. The summed E-state index contributed by atoms with van der Waals surface area (Å²) in [5.41, 5.74) is -0.0151. The summed E-state index contributed by atoms with van der Waals surface area (Å²) in [6.07, 6.45) is 1.81. The Bertz CT molecular complexity index is 606. The summed E-state index contributed by atoms with van der Waals surface area (Å²) >= 11 is 0. The molecule has 1 aliphatic rings. The van der Waals surface area contributed by atoms with E-state index in [9.17, 15) is 15.3 Å². The van der Waals surface area contributed by atoms with E-state index < -0.39 is 11.4 Å². The minimum Gasteiger partial charge on any atom is -0.463 e. The average molecular weight is 266 g/mol. The Morgan fingerprint density at radius 1 is 1.35 bits per heavy atom. The van der Waals surface area contributed by atoms with E-state index in [0.29, 0.717) is 12.0 Å². The number of carbonyl (C=O) groups is 1. The number of esters is 1. The first kappa shape index (κ1) is 13.8. The maximum Gasteiger partial charge on any atom is 0.333 e. The molecule has 4 heteroatoms. The second kappa shape index (κ2) is 5.59. The quantitative estimate of drug-likeness (QED) is 0.788. The largest absolute Gasteiger partial charge is 0.463 e. The molecule has 0 heterocycles. The number of nitriles is 2. The maximum atomic E-state index is 11.8. The molecule has 0 amide bonds. The number of hydrogen-bond acceptors (Lipinski definition) is 4. The van der Waals surface area contributed by atoms with Crippen LogP contribution < -0.4 is 0 Å². The van der Waals surface area contributed by atoms with Crippen LogP contribution in [0.25, 0.3) is 0 Å². The second-order valence-corrected chi connectivity index (χ2v) is 4.65. The minimum absolute atomic E-state index is 0.276. The molecule has 0 fully saturated rings. The van der Waals surface area contributed by atoms with Crippen molar-refractivity contribution in [2.45, 2.75) is 19.3 Å². The van der Waals surface area contributed by atoms with E-state index >= 15 is 0 Å². The molecule has 20 heavy (non-hydrogen) atoms. The smallest absolute Gasteiger partial charge is 0.333 e. The van der Waals surface area contributed by atoms with Gasteiger partial charge in [-0.05, 0) is 25.0 Å². The molecule has 0 N–H and O–H groups in total. The lowest BCUT2D eigenvalue weighted by Crippen LogP contribution is -2.19. The van der Waals surface area contributed by atoms with Gasteiger partial charge in [0.1, 0.15) is 0 Å². The third-order valence-corrected chi connectivity index (χ3v) is 3.49. The van der Waals surface area contributed by atoms with Crippen LogP contribution in [0.5, 0.6) is 0 Å². The summed E-state index contributed by atoms with van der Waals surface area (Å²) in [6.45, 7) is 2.00. The molecule has 1 aromatic carbocycles. The molecule has 0 aliphatic heterocycles. The van der Waals surface area contributed by atoms with Crippen molar-refractivity contribution in [3.8, 4) is 12.1 Å². The first-order chi connectivity index (χ1) is 9.66. The van der Waals surface area contributed by atoms with Crippen molar-refractivity contribution in [1.29, 1.82) is 10.5 Å². The highest BCUT2D eigenvalue weighted by molar-refractivity contribution is 5.90. The van der Waals surface area contributed by atoms with E-state index in [1.54, 1.807) is 6.92 Å². The molecule has 100 valence electrons. The van der Waals surface area contributed by atoms with E-state index in [2.05, 4.69) is 12.1 Å². The van der Waals surface area contributed by atoms with Gasteiger partial charge in [-0.3, -0.25) is 0 Å². The van der Waals surface area contributed by atoms with Crippen LogP contribution in [0.15, 0.2) is 42.0 Å². The highest BCUT2D eigenvalue weighted by atomic mass is 16.5. The van der Waals surface area contributed by atoms with E-state index in [4.69, 9.17) is 4.74 Å². The zero-order valence-corrected chi connectivity index (χ0v) is 11.2. The Morgan fingerprint density at radius 3 is 2.55 bits per heavy atom. The summed E-state index contributed by atoms with van der Waals surface area (Å²) in [5, 5.41) is 18.8. The Morgan fingerprint density at radius 2 is 2.00 bits per heavy atom. The number of ether oxygens (including phenoxy) is 1. The molecule has 0 bridgehead atoms. The molecule has 0 radical (unpaired) electrons. The van der Waals surface area contributed by atoms with Crippen LogP contribution in [0.2, 0.25) is 0 Å². The van der Waals surface area contributed by atoms with Crippen molar-refractivity contribution in [1.82, 2.24) is 0 Å². The molecular weight excluding hydrogens is 252 g/mol. The van der Waals surface area contributed by atoms with Crippen LogP contribution in [-0.2, 0) is 9.53 Å². The monoisotopic (exact) mass is 266 g/mol. The Kier molecular flexibility index (Phi) is 3.86. The lowest BCUT2D eigenvalue weighted by molar-refractivity contribution is -0.138. The van der Waals surface area contributed by atoms with E-state index in [0.717, 1.165) is 5.56 Å². The van der Waals surface area contributed by atoms with Crippen LogP contribution in [0, 0.1) is 28.1 Å². The average Bonchev–Trinajstić information content (AvgIpc) is 2.89. The van der Waals surface area contributed by atoms with Gasteiger partial charge < -0.3 is 4.74 Å². The maximum absolute atomic E-state index is 11.8. The fourth-order valence-electron chi connectivity index (χ4n) is 2.49. The summed E-state index contributed by atoms with van der Waals surface area (Å²) in [5.74, 6) is -0.779. The SMILES string of the molecule is CCOC(=O)C1=CC(C#N)(C#N)C(c2ccccc2)C1. The van der Waals surface area contributed by atoms with Crippen molar-refractivity contribution in [3.63, 3.8) is 0 Å². The lowest BCUT2D eigenvalue weighted by Gasteiger charge is -2.20. The number of rotatable bonds is 3. The normalized spacial score (nSPS) is 19.6. The highest BCUT2D eigenvalue weighted by Crippen LogP contribution is 2.47. The molecule has 4 nitrogen and oxygen atoms in total. The molecule has 1 atom stereocenters. The van der Waals surface area contributed by atoms with Crippen molar-refractivity contribution >= 4 is 5.97 Å². The summed E-state index contributed by atoms with van der Waals surface area (Å²) in [7, 11) is 0. The molecule has 0 spiro atoms. The van der Waals surface area contributed by atoms with Crippen LogP contribution >= 0.6 is 0 Å². The topological polar surface area (TPSA) is 73.9 Å². The lowest BCUT2D eigenvalue weighted by atomic mass is 9.77. The Balaban J connectivity index is 2.40. The third-order valence-electron chi connectivity index (χ3n) is 3.49. The fourth-order valence-corrected chi connectivity index (χ4v) is 2.49. The van der Waals surface area contributed by atoms with Gasteiger partial charge in [-0.25, -0.2) is 4.79 Å². The molecule has 1 unspecified atom stereocenters. The number of allylic oxidation sites excluding steroid dienone is 1. The minimum atomic E-state index is -1.30. The Hall–Kier alpha value is -2.59. The first-order valence-electron chi connectivity index (χ1n) is 6.43. The van der Waals surface area contributed by atoms with Crippen LogP contribution in [0.3, 0.4) is 0 Å². The van der Waals surface area contributed by atoms with Gasteiger partial charge in [-0.1, -0.05) is 30.3 Å². The Labute approximate surface area is 117 Å². The van der Waals surface area contributed by atoms with Crippen molar-refractivity contribution in [2.75, 3.05) is 6.61 Å². The van der Waals surface area contributed by atoms with Gasteiger partial charge in [0.25, 0.3) is 0 Å². The highest BCUT2D eigenvalue weighted by Gasteiger charge is 2.45. The molecule has 2 rings (SSSR count). The van der Waals surface area contributed by atoms with E-state index in [-0.39, 0.29) is 12.5 Å². The molecule has 0 saturated carbocycles. The first-order valence-corrected chi connectivity index (χ1v) is 6.43. The van der Waals surface area contributed by atoms with Gasteiger partial charge in [0.05, 0.1) is 18.7 Å². The van der Waals surface area contributed by atoms with E-state index in [1.807, 2.05) is 30.3 Å². The summed E-state index contributed by atoms with van der Waals surface area (Å²) in [4.78, 5) is 11.8. The van der Waals surface area contributed by atoms with Gasteiger partial charge in [-0.2, -0.15) is 10.5 Å². The summed E-state index contributed by atoms with van der Waals surface area (Å²) < 4.78 is 4.97. The summed E-state index contributed by atoms with van der Waals surface area (Å²) in [6, 6.07) is 13.4. The number of carbonyl (C=O) groups excluding carboxylic acids is 1. The van der Waals surface area contributed by atoms with Crippen molar-refractivity contribution < 1.29 is 9.53 Å².